The number of anilines is 1. The summed E-state index contributed by atoms with van der Waals surface area (Å²) in [5.74, 6) is 0.565. The van der Waals surface area contributed by atoms with Crippen molar-refractivity contribution in [2.24, 2.45) is 0 Å². The minimum atomic E-state index is -0.486. The molecule has 0 aliphatic rings. The highest BCUT2D eigenvalue weighted by Gasteiger charge is 2.21. The molecule has 0 aliphatic carbocycles. The molecule has 8 nitrogen and oxygen atoms in total. The second-order valence-electron chi connectivity index (χ2n) is 6.70. The summed E-state index contributed by atoms with van der Waals surface area (Å²) in [7, 11) is 1.31. The first kappa shape index (κ1) is 24.1. The number of hydrogen-bond donors (Lipinski definition) is 1. The van der Waals surface area contributed by atoms with E-state index in [-0.39, 0.29) is 17.8 Å². The van der Waals surface area contributed by atoms with E-state index < -0.39 is 5.97 Å². The van der Waals surface area contributed by atoms with Gasteiger partial charge in [0, 0.05) is 11.4 Å². The highest BCUT2D eigenvalue weighted by molar-refractivity contribution is 7.99. The molecule has 3 aromatic rings. The summed E-state index contributed by atoms with van der Waals surface area (Å²) in [6.07, 6.45) is -0.387. The third-order valence-corrected chi connectivity index (χ3v) is 6.66. The molecule has 1 N–H and O–H groups in total. The van der Waals surface area contributed by atoms with Gasteiger partial charge in [-0.2, -0.15) is 0 Å². The second kappa shape index (κ2) is 10.8. The molecule has 0 bridgehead atoms. The van der Waals surface area contributed by atoms with Crippen LogP contribution in [0.1, 0.15) is 41.0 Å². The molecular weight excluding hydrogens is 472 g/mol. The molecule has 2 heterocycles. The zero-order valence-electron chi connectivity index (χ0n) is 18.0. The summed E-state index contributed by atoms with van der Waals surface area (Å²) in [4.78, 5) is 25.3. The molecular formula is C21H23ClN4O4S2. The first-order valence-electron chi connectivity index (χ1n) is 9.79. The number of aromatic nitrogens is 3. The van der Waals surface area contributed by atoms with Crippen LogP contribution in [0.3, 0.4) is 0 Å². The molecule has 1 atom stereocenters. The van der Waals surface area contributed by atoms with Crippen LogP contribution in [0.2, 0.25) is 5.02 Å². The van der Waals surface area contributed by atoms with E-state index in [9.17, 15) is 9.59 Å². The fraction of sp³-hybridized carbons (Fsp3) is 0.333. The number of nitrogens with zero attached hydrogens (tertiary/aromatic N) is 3. The average Bonchev–Trinajstić information content (AvgIpc) is 3.36. The van der Waals surface area contributed by atoms with E-state index in [4.69, 9.17) is 21.1 Å². The van der Waals surface area contributed by atoms with Crippen molar-refractivity contribution in [2.75, 3.05) is 18.2 Å². The largest absolute Gasteiger partial charge is 0.481 e. The lowest BCUT2D eigenvalue weighted by Gasteiger charge is -2.16. The maximum absolute atomic E-state index is 12.5. The van der Waals surface area contributed by atoms with Crippen LogP contribution in [-0.2, 0) is 16.1 Å². The molecule has 0 spiro atoms. The summed E-state index contributed by atoms with van der Waals surface area (Å²) in [6.45, 7) is 6.31. The quantitative estimate of drug-likeness (QED) is 0.331. The predicted molar refractivity (Wildman–Crippen MR) is 126 cm³/mol. The molecule has 11 heteroatoms. The third-order valence-electron chi connectivity index (χ3n) is 4.41. The van der Waals surface area contributed by atoms with Crippen LogP contribution in [0.25, 0.3) is 0 Å². The number of thioether (sulfide) groups is 1. The van der Waals surface area contributed by atoms with Crippen molar-refractivity contribution in [3.8, 4) is 5.75 Å². The van der Waals surface area contributed by atoms with E-state index in [1.165, 1.54) is 30.2 Å². The van der Waals surface area contributed by atoms with Crippen LogP contribution in [0.15, 0.2) is 35.5 Å². The molecule has 3 rings (SSSR count). The number of nitrogens with one attached hydrogen (secondary N) is 1. The molecule has 0 radical (unpaired) electrons. The van der Waals surface area contributed by atoms with Crippen LogP contribution in [0, 0.1) is 6.92 Å². The number of benzene rings is 1. The van der Waals surface area contributed by atoms with Gasteiger partial charge in [-0.15, -0.1) is 21.5 Å². The minimum Gasteiger partial charge on any atom is -0.481 e. The number of aryl methyl sites for hydroxylation is 1. The molecule has 1 unspecified atom stereocenters. The van der Waals surface area contributed by atoms with Gasteiger partial charge in [0.2, 0.25) is 5.91 Å². The molecule has 170 valence electrons. The van der Waals surface area contributed by atoms with Crippen molar-refractivity contribution in [2.45, 2.75) is 38.6 Å². The van der Waals surface area contributed by atoms with Gasteiger partial charge in [-0.05, 0) is 39.0 Å². The van der Waals surface area contributed by atoms with Gasteiger partial charge in [-0.3, -0.25) is 4.79 Å². The van der Waals surface area contributed by atoms with Crippen molar-refractivity contribution in [3.05, 3.63) is 51.6 Å². The third kappa shape index (κ3) is 5.62. The number of amides is 1. The van der Waals surface area contributed by atoms with Gasteiger partial charge in [0.1, 0.15) is 10.8 Å². The second-order valence-corrected chi connectivity index (χ2v) is 9.31. The predicted octanol–water partition coefficient (Wildman–Crippen LogP) is 4.98. The maximum atomic E-state index is 12.5. The van der Waals surface area contributed by atoms with E-state index >= 15 is 0 Å². The van der Waals surface area contributed by atoms with Crippen LogP contribution >= 0.6 is 34.7 Å². The molecule has 1 aromatic carbocycles. The Balaban J connectivity index is 1.66. The lowest BCUT2D eigenvalue weighted by atomic mass is 10.3. The Kier molecular flexibility index (Phi) is 8.16. The SMILES string of the molecule is CCn1c(SCC(=O)Nc2sc(C)cc2C(=O)OC)nnc1C(C)Oc1ccccc1Cl. The van der Waals surface area contributed by atoms with E-state index in [1.54, 1.807) is 18.2 Å². The number of carbonyl (C=O) groups excluding carboxylic acids is 2. The van der Waals surface area contributed by atoms with E-state index in [0.29, 0.717) is 38.9 Å². The molecule has 0 aliphatic heterocycles. The topological polar surface area (TPSA) is 95.3 Å². The fourth-order valence-electron chi connectivity index (χ4n) is 2.95. The standard InChI is InChI=1S/C21H23ClN4O4S2/c1-5-26-18(13(3)30-16-9-7-6-8-15(16)22)24-25-21(26)31-11-17(27)23-19-14(20(28)29-4)10-12(2)32-19/h6-10,13H,5,11H2,1-4H3,(H,23,27). The van der Waals surface area contributed by atoms with Gasteiger partial charge >= 0.3 is 5.97 Å². The van der Waals surface area contributed by atoms with Crippen molar-refractivity contribution in [1.82, 2.24) is 14.8 Å². The Bertz CT molecular complexity index is 1120. The first-order valence-corrected chi connectivity index (χ1v) is 12.0. The molecule has 32 heavy (non-hydrogen) atoms. The fourth-order valence-corrected chi connectivity index (χ4v) is 4.86. The number of ether oxygens (including phenoxy) is 2. The van der Waals surface area contributed by atoms with E-state index in [2.05, 4.69) is 15.5 Å². The van der Waals surface area contributed by atoms with Crippen LogP contribution in [0.4, 0.5) is 5.00 Å². The number of para-hydroxylation sites is 1. The normalized spacial score (nSPS) is 11.8. The Morgan fingerprint density at radius 1 is 1.31 bits per heavy atom. The molecule has 2 aromatic heterocycles. The Morgan fingerprint density at radius 2 is 2.06 bits per heavy atom. The Labute approximate surface area is 199 Å². The van der Waals surface area contributed by atoms with Gasteiger partial charge < -0.3 is 19.4 Å². The van der Waals surface area contributed by atoms with Gasteiger partial charge in [0.25, 0.3) is 0 Å². The number of carbonyl (C=O) groups is 2. The highest BCUT2D eigenvalue weighted by atomic mass is 35.5. The van der Waals surface area contributed by atoms with Crippen molar-refractivity contribution < 1.29 is 19.1 Å². The van der Waals surface area contributed by atoms with Crippen LogP contribution in [0.5, 0.6) is 5.75 Å². The Hall–Kier alpha value is -2.56. The summed E-state index contributed by atoms with van der Waals surface area (Å²) in [5, 5.41) is 12.9. The minimum absolute atomic E-state index is 0.107. The van der Waals surface area contributed by atoms with Gasteiger partial charge in [0.15, 0.2) is 17.1 Å². The zero-order chi connectivity index (χ0) is 23.3. The number of thiophene rings is 1. The monoisotopic (exact) mass is 494 g/mol. The highest BCUT2D eigenvalue weighted by Crippen LogP contribution is 2.30. The maximum Gasteiger partial charge on any atom is 0.340 e. The van der Waals surface area contributed by atoms with Gasteiger partial charge in [0.05, 0.1) is 23.4 Å². The molecule has 1 amide bonds. The number of hydrogen-bond acceptors (Lipinski definition) is 8. The number of methoxy groups -OCH3 is 1. The van der Waals surface area contributed by atoms with Gasteiger partial charge in [-0.25, -0.2) is 4.79 Å². The van der Waals surface area contributed by atoms with E-state index in [1.807, 2.05) is 37.5 Å². The molecule has 0 saturated heterocycles. The summed E-state index contributed by atoms with van der Waals surface area (Å²) >= 11 is 8.76. The number of halogens is 1. The lowest BCUT2D eigenvalue weighted by molar-refractivity contribution is -0.113. The number of esters is 1. The summed E-state index contributed by atoms with van der Waals surface area (Å²) in [6, 6.07) is 8.92. The smallest absolute Gasteiger partial charge is 0.340 e. The summed E-state index contributed by atoms with van der Waals surface area (Å²) in [5.41, 5.74) is 0.345. The number of rotatable bonds is 9. The molecule has 0 fully saturated rings. The van der Waals surface area contributed by atoms with Crippen LogP contribution in [-0.4, -0.2) is 39.5 Å². The Morgan fingerprint density at radius 3 is 2.75 bits per heavy atom. The van der Waals surface area contributed by atoms with Crippen LogP contribution < -0.4 is 10.1 Å². The first-order chi connectivity index (χ1) is 15.3. The van der Waals surface area contributed by atoms with E-state index in [0.717, 1.165) is 4.88 Å². The lowest BCUT2D eigenvalue weighted by Crippen LogP contribution is -2.16. The van der Waals surface area contributed by atoms with Gasteiger partial charge in [-0.1, -0.05) is 35.5 Å². The average molecular weight is 495 g/mol. The van der Waals surface area contributed by atoms with Crippen molar-refractivity contribution in [1.29, 1.82) is 0 Å². The molecule has 0 saturated carbocycles. The van der Waals surface area contributed by atoms with Crippen molar-refractivity contribution in [3.63, 3.8) is 0 Å². The summed E-state index contributed by atoms with van der Waals surface area (Å²) < 4.78 is 12.6. The van der Waals surface area contributed by atoms with Crippen molar-refractivity contribution >= 4 is 51.6 Å². The zero-order valence-corrected chi connectivity index (χ0v) is 20.4.